The fourth-order valence-electron chi connectivity index (χ4n) is 1.95. The maximum Gasteiger partial charge on any atom is 0.0177 e. The van der Waals surface area contributed by atoms with E-state index in [-0.39, 0.29) is 0 Å². The minimum absolute atomic E-state index is 0. The van der Waals surface area contributed by atoms with Crippen molar-refractivity contribution >= 4 is 0 Å². The summed E-state index contributed by atoms with van der Waals surface area (Å²) in [6, 6.07) is 0. The van der Waals surface area contributed by atoms with Gasteiger partial charge in [0.15, 0.2) is 0 Å². The molecule has 0 aliphatic carbocycles. The summed E-state index contributed by atoms with van der Waals surface area (Å²) in [5.41, 5.74) is 1.64. The van der Waals surface area contributed by atoms with Crippen LogP contribution in [0.5, 0.6) is 0 Å². The van der Waals surface area contributed by atoms with Crippen LogP contribution in [0, 0.1) is 0 Å². The van der Waals surface area contributed by atoms with Gasteiger partial charge in [-0.25, -0.2) is 0 Å². The topological polar surface area (TPSA) is 3.24 Å². The van der Waals surface area contributed by atoms with Crippen molar-refractivity contribution in [2.24, 2.45) is 0 Å². The minimum Gasteiger partial charge on any atom is -0.375 e. The van der Waals surface area contributed by atoms with Gasteiger partial charge < -0.3 is 4.90 Å². The monoisotopic (exact) mass is 945 g/mol. The van der Waals surface area contributed by atoms with Crippen molar-refractivity contribution in [3.05, 3.63) is 11.8 Å². The second-order valence-electron chi connectivity index (χ2n) is 3.28. The molecule has 1 fully saturated rings. The maximum atomic E-state index is 2.56. The normalized spacial score (nSPS) is 19.7. The summed E-state index contributed by atoms with van der Waals surface area (Å²) in [5, 5.41) is 0. The van der Waals surface area contributed by atoms with Crippen LogP contribution in [0.3, 0.4) is 0 Å². The van der Waals surface area contributed by atoms with E-state index in [0.29, 0.717) is 0 Å². The molecule has 2 aliphatic heterocycles. The van der Waals surface area contributed by atoms with E-state index in [1.165, 1.54) is 45.2 Å². The number of piperidine rings is 1. The largest absolute Gasteiger partial charge is 0.375 e. The first-order chi connectivity index (χ1) is 4.97. The third-order valence-corrected chi connectivity index (χ3v) is 2.53. The Hall–Kier alpha value is -3.46. The molecule has 0 atom stereocenters. The predicted octanol–water partition coefficient (Wildman–Crippen LogP) is 2.15. The molecular weight excluding hydrogens is 929 g/mol. The predicted molar refractivity (Wildman–Crippen MR) is 42.7 cm³/mol. The van der Waals surface area contributed by atoms with Gasteiger partial charge in [-0.1, -0.05) is 6.08 Å². The van der Waals surface area contributed by atoms with Crippen LogP contribution < -0.4 is 0 Å². The molecule has 0 saturated carbocycles. The first-order valence-electron chi connectivity index (χ1n) is 4.41. The van der Waals surface area contributed by atoms with E-state index >= 15 is 0 Å². The molecule has 0 aromatic carbocycles. The van der Waals surface area contributed by atoms with Gasteiger partial charge in [0.05, 0.1) is 0 Å². The Morgan fingerprint density at radius 1 is 0.923 bits per heavy atom. The first-order valence-corrected chi connectivity index (χ1v) is 4.41. The fraction of sp³-hybridized carbons (Fsp3) is 0.778. The first kappa shape index (κ1) is 12.2. The average molecular weight is 944 g/mol. The summed E-state index contributed by atoms with van der Waals surface area (Å²) in [7, 11) is 0. The third kappa shape index (κ3) is 1.73. The number of rotatable bonds is 0. The average Bonchev–Trinajstić information content (AvgIpc) is 2.05. The molecule has 0 aromatic heterocycles. The molecule has 2 heterocycles. The van der Waals surface area contributed by atoms with Crippen molar-refractivity contribution in [1.82, 2.24) is 4.90 Å². The van der Waals surface area contributed by atoms with Crippen LogP contribution in [0.15, 0.2) is 11.8 Å². The van der Waals surface area contributed by atoms with Gasteiger partial charge in [0.2, 0.25) is 0 Å². The zero-order valence-corrected chi connectivity index (χ0v) is 28.2. The molecule has 62 valence electrons. The van der Waals surface area contributed by atoms with Gasteiger partial charge in [-0.15, -0.1) is 0 Å². The summed E-state index contributed by atoms with van der Waals surface area (Å²) in [5.74, 6) is 0. The Kier molecular flexibility index (Phi) is 4.11. The van der Waals surface area contributed by atoms with Gasteiger partial charge in [-0.05, 0) is 32.1 Å². The molecule has 0 spiro atoms. The minimum atomic E-state index is 0. The molecule has 4 heteroatoms. The molecule has 1 nitrogen and oxygen atoms in total. The number of fused-ring (bicyclic) bond motifs is 1. The summed E-state index contributed by atoms with van der Waals surface area (Å²) < 4.78 is 0. The standard InChI is InChI=1S/C9H15N.3Hs/c1-3-7-10-8-4-2-6-9(10)5-1;;;/h5H,1-4,6-8H2;;;. The Bertz CT molecular complexity index is 159. The summed E-state index contributed by atoms with van der Waals surface area (Å²) in [6.45, 7) is 2.65. The van der Waals surface area contributed by atoms with Gasteiger partial charge in [0, 0.05) is 18.8 Å². The zero-order chi connectivity index (χ0) is 6.81. The molecule has 2 aliphatic rings. The molecule has 2 rings (SSSR count). The zero-order valence-electron chi connectivity index (χ0n) is 8.60. The van der Waals surface area contributed by atoms with Gasteiger partial charge in [-0.2, -0.15) is 0 Å². The van der Waals surface area contributed by atoms with Crippen molar-refractivity contribution in [2.75, 3.05) is 13.1 Å². The Labute approximate surface area is 62.7 Å². The molecule has 0 unspecified atom stereocenters. The van der Waals surface area contributed by atoms with Crippen LogP contribution >= 0.6 is 0 Å². The molecule has 0 N–H and O–H groups in total. The quantitative estimate of drug-likeness (QED) is 0.361. The summed E-state index contributed by atoms with van der Waals surface area (Å²) in [6.07, 6.45) is 9.32. The van der Waals surface area contributed by atoms with Crippen LogP contribution in [0.4, 0.5) is 0 Å². The molecular formula is C9H15Hs3N. The SMILES string of the molecule is C1=C2CCCCN2CCC1.[Hs].[Hs].[Hs]. The van der Waals surface area contributed by atoms with Crippen LogP contribution in [0.25, 0.3) is 0 Å². The summed E-state index contributed by atoms with van der Waals surface area (Å²) in [4.78, 5) is 2.56. The Morgan fingerprint density at radius 3 is 2.31 bits per heavy atom. The maximum absolute atomic E-state index is 2.56. The van der Waals surface area contributed by atoms with Gasteiger partial charge in [0.25, 0.3) is 0 Å². The van der Waals surface area contributed by atoms with Gasteiger partial charge in [0.1, 0.15) is 0 Å². The molecule has 0 radical (unpaired) electrons. The van der Waals surface area contributed by atoms with Crippen molar-refractivity contribution in [3.8, 4) is 0 Å². The number of hydrogen-bond acceptors (Lipinski definition) is 1. The third-order valence-electron chi connectivity index (χ3n) is 2.53. The number of hydrogen-bond donors (Lipinski definition) is 0. The van der Waals surface area contributed by atoms with Crippen LogP contribution in [-0.2, 0) is 0 Å². The van der Waals surface area contributed by atoms with Crippen molar-refractivity contribution < 1.29 is 0 Å². The van der Waals surface area contributed by atoms with Crippen molar-refractivity contribution in [2.45, 2.75) is 32.1 Å². The van der Waals surface area contributed by atoms with E-state index in [1.54, 1.807) is 5.70 Å². The Balaban J connectivity index is 0. The number of nitrogens with zero attached hydrogens (tertiary/aromatic N) is 1. The van der Waals surface area contributed by atoms with E-state index in [0.717, 1.165) is 0 Å². The summed E-state index contributed by atoms with van der Waals surface area (Å²) >= 11 is 0. The van der Waals surface area contributed by atoms with Crippen LogP contribution in [0.1, 0.15) is 32.1 Å². The molecule has 0 amide bonds. The Morgan fingerprint density at radius 2 is 1.62 bits per heavy atom. The second-order valence-corrected chi connectivity index (χ2v) is 3.28. The van der Waals surface area contributed by atoms with Gasteiger partial charge in [-0.3, -0.25) is 0 Å². The van der Waals surface area contributed by atoms with E-state index in [9.17, 15) is 0 Å². The van der Waals surface area contributed by atoms with E-state index in [1.807, 2.05) is 0 Å². The van der Waals surface area contributed by atoms with E-state index in [2.05, 4.69) is 11.0 Å². The molecule has 1 saturated heterocycles. The van der Waals surface area contributed by atoms with Crippen molar-refractivity contribution in [3.63, 3.8) is 0 Å². The smallest absolute Gasteiger partial charge is 0.0177 e. The molecule has 0 bridgehead atoms. The van der Waals surface area contributed by atoms with E-state index in [4.69, 9.17) is 0 Å². The molecule has 13 heavy (non-hydrogen) atoms. The number of allylic oxidation sites excluding steroid dienone is 2. The van der Waals surface area contributed by atoms with Crippen LogP contribution in [-0.4, -0.2) is 18.0 Å². The second kappa shape index (κ2) is 4.37. The van der Waals surface area contributed by atoms with E-state index < -0.39 is 0 Å². The fourth-order valence-corrected chi connectivity index (χ4v) is 1.95. The molecule has 0 aromatic rings. The van der Waals surface area contributed by atoms with Crippen LogP contribution in [0.2, 0.25) is 0 Å². The van der Waals surface area contributed by atoms with Crippen molar-refractivity contribution in [1.29, 1.82) is 0 Å². The van der Waals surface area contributed by atoms with Gasteiger partial charge >= 0.3 is 0 Å².